The molecule has 0 unspecified atom stereocenters. The van der Waals surface area contributed by atoms with Crippen molar-refractivity contribution in [2.75, 3.05) is 0 Å². The van der Waals surface area contributed by atoms with Crippen LogP contribution in [0.3, 0.4) is 0 Å². The number of nitrogens with zero attached hydrogens (tertiary/aromatic N) is 1. The van der Waals surface area contributed by atoms with Gasteiger partial charge in [0.2, 0.25) is 0 Å². The summed E-state index contributed by atoms with van der Waals surface area (Å²) in [6.45, 7) is 0. The van der Waals surface area contributed by atoms with Crippen molar-refractivity contribution in [3.63, 3.8) is 0 Å². The number of carboxylic acids is 1. The molecule has 2 aromatic rings. The van der Waals surface area contributed by atoms with E-state index in [1.807, 2.05) is 0 Å². The number of hydrogen-bond acceptors (Lipinski definition) is 3. The predicted octanol–water partition coefficient (Wildman–Crippen LogP) is 4.10. The number of hydrogen-bond donors (Lipinski definition) is 1. The van der Waals surface area contributed by atoms with Crippen LogP contribution in [0.15, 0.2) is 45.6 Å². The highest BCUT2D eigenvalue weighted by Gasteiger charge is 2.13. The lowest BCUT2D eigenvalue weighted by Crippen LogP contribution is -2.00. The van der Waals surface area contributed by atoms with E-state index in [2.05, 4.69) is 36.8 Å². The molecule has 6 heteroatoms. The van der Waals surface area contributed by atoms with Crippen molar-refractivity contribution in [2.45, 2.75) is 0 Å². The van der Waals surface area contributed by atoms with E-state index in [0.29, 0.717) is 14.7 Å². The summed E-state index contributed by atoms with van der Waals surface area (Å²) in [5, 5.41) is 9.11. The van der Waals surface area contributed by atoms with E-state index in [1.165, 1.54) is 6.07 Å². The van der Waals surface area contributed by atoms with Gasteiger partial charge in [-0.05, 0) is 34.1 Å². The van der Waals surface area contributed by atoms with Gasteiger partial charge in [-0.3, -0.25) is 4.98 Å². The Hall–Kier alpha value is -1.40. The number of aromatic carboxylic acids is 1. The normalized spacial score (nSPS) is 10.1. The third kappa shape index (κ3) is 2.88. The van der Waals surface area contributed by atoms with Crippen LogP contribution in [-0.2, 0) is 0 Å². The van der Waals surface area contributed by atoms with Crippen molar-refractivity contribution in [2.24, 2.45) is 0 Å². The number of carboxylic acid groups (broad SMARTS) is 1. The fourth-order valence-electron chi connectivity index (χ4n) is 1.32. The first-order valence-electron chi connectivity index (χ1n) is 4.88. The molecule has 4 nitrogen and oxygen atoms in total. The van der Waals surface area contributed by atoms with Gasteiger partial charge in [-0.1, -0.05) is 15.9 Å². The Kier molecular flexibility index (Phi) is 3.98. The third-order valence-corrected chi connectivity index (χ3v) is 3.22. The van der Waals surface area contributed by atoms with Crippen LogP contribution in [0, 0.1) is 0 Å². The number of halogens is 2. The minimum absolute atomic E-state index is 0.0908. The van der Waals surface area contributed by atoms with Gasteiger partial charge in [0, 0.05) is 22.9 Å². The van der Waals surface area contributed by atoms with Crippen LogP contribution in [0.4, 0.5) is 0 Å². The molecule has 0 amide bonds. The molecule has 0 spiro atoms. The second-order valence-electron chi connectivity index (χ2n) is 3.35. The zero-order valence-electron chi connectivity index (χ0n) is 8.93. The minimum Gasteiger partial charge on any atom is -0.478 e. The van der Waals surface area contributed by atoms with E-state index in [9.17, 15) is 4.79 Å². The first-order chi connectivity index (χ1) is 8.58. The summed E-state index contributed by atoms with van der Waals surface area (Å²) in [7, 11) is 0. The van der Waals surface area contributed by atoms with Crippen LogP contribution in [0.5, 0.6) is 11.5 Å². The molecule has 2 rings (SSSR count). The van der Waals surface area contributed by atoms with Crippen LogP contribution < -0.4 is 4.74 Å². The number of carbonyl (C=O) groups is 1. The highest BCUT2D eigenvalue weighted by atomic mass is 79.9. The highest BCUT2D eigenvalue weighted by Crippen LogP contribution is 2.31. The number of benzene rings is 1. The standard InChI is InChI=1S/C12H7Br2NO3/c13-7-1-2-10(8(5-7)12(16)17)18-11-3-4-15-6-9(11)14/h1-6H,(H,16,17). The SMILES string of the molecule is O=C(O)c1cc(Br)ccc1Oc1ccncc1Br. The highest BCUT2D eigenvalue weighted by molar-refractivity contribution is 9.10. The minimum atomic E-state index is -1.04. The quantitative estimate of drug-likeness (QED) is 0.881. The van der Waals surface area contributed by atoms with Gasteiger partial charge in [-0.15, -0.1) is 0 Å². The van der Waals surface area contributed by atoms with Gasteiger partial charge in [0.25, 0.3) is 0 Å². The lowest BCUT2D eigenvalue weighted by Gasteiger charge is -2.10. The maximum Gasteiger partial charge on any atom is 0.339 e. The topological polar surface area (TPSA) is 59.4 Å². The van der Waals surface area contributed by atoms with Crippen molar-refractivity contribution in [1.82, 2.24) is 4.98 Å². The van der Waals surface area contributed by atoms with Gasteiger partial charge in [0.05, 0.1) is 4.47 Å². The van der Waals surface area contributed by atoms with Gasteiger partial charge < -0.3 is 9.84 Å². The first-order valence-corrected chi connectivity index (χ1v) is 6.47. The summed E-state index contributed by atoms with van der Waals surface area (Å²) >= 11 is 6.51. The average molecular weight is 373 g/mol. The zero-order chi connectivity index (χ0) is 13.1. The Morgan fingerprint density at radius 3 is 2.67 bits per heavy atom. The molecule has 0 aliphatic carbocycles. The van der Waals surface area contributed by atoms with Crippen molar-refractivity contribution in [3.05, 3.63) is 51.2 Å². The maximum atomic E-state index is 11.1. The fourth-order valence-corrected chi connectivity index (χ4v) is 2.01. The number of rotatable bonds is 3. The molecule has 1 aromatic carbocycles. The monoisotopic (exact) mass is 371 g/mol. The van der Waals surface area contributed by atoms with Gasteiger partial charge in [-0.25, -0.2) is 4.79 Å². The van der Waals surface area contributed by atoms with Crippen LogP contribution in [-0.4, -0.2) is 16.1 Å². The Labute approximate surface area is 120 Å². The molecule has 92 valence electrons. The summed E-state index contributed by atoms with van der Waals surface area (Å²) in [6.07, 6.45) is 3.15. The van der Waals surface area contributed by atoms with E-state index in [0.717, 1.165) is 0 Å². The van der Waals surface area contributed by atoms with Crippen LogP contribution >= 0.6 is 31.9 Å². The molecule has 0 atom stereocenters. The molecule has 0 saturated carbocycles. The molecule has 0 radical (unpaired) electrons. The third-order valence-electron chi connectivity index (χ3n) is 2.13. The van der Waals surface area contributed by atoms with E-state index in [4.69, 9.17) is 9.84 Å². The molecule has 0 fully saturated rings. The molecule has 0 aliphatic heterocycles. The Morgan fingerprint density at radius 1 is 1.22 bits per heavy atom. The van der Waals surface area contributed by atoms with E-state index < -0.39 is 5.97 Å². The number of ether oxygens (including phenoxy) is 1. The van der Waals surface area contributed by atoms with Crippen LogP contribution in [0.25, 0.3) is 0 Å². The Bertz CT molecular complexity index is 602. The predicted molar refractivity (Wildman–Crippen MR) is 73.1 cm³/mol. The van der Waals surface area contributed by atoms with Crippen molar-refractivity contribution < 1.29 is 14.6 Å². The van der Waals surface area contributed by atoms with Crippen molar-refractivity contribution in [1.29, 1.82) is 0 Å². The van der Waals surface area contributed by atoms with Crippen LogP contribution in [0.2, 0.25) is 0 Å². The molecule has 1 heterocycles. The second-order valence-corrected chi connectivity index (χ2v) is 5.12. The first kappa shape index (κ1) is 13.0. The van der Waals surface area contributed by atoms with E-state index >= 15 is 0 Å². The molecule has 1 N–H and O–H groups in total. The molecular formula is C12H7Br2NO3. The molecule has 0 bridgehead atoms. The Balaban J connectivity index is 2.41. The van der Waals surface area contributed by atoms with Gasteiger partial charge in [0.1, 0.15) is 17.1 Å². The number of pyridine rings is 1. The summed E-state index contributed by atoms with van der Waals surface area (Å²) in [5.74, 6) is -0.260. The summed E-state index contributed by atoms with van der Waals surface area (Å²) < 4.78 is 6.91. The largest absolute Gasteiger partial charge is 0.478 e. The Morgan fingerprint density at radius 2 is 2.00 bits per heavy atom. The van der Waals surface area contributed by atoms with E-state index in [1.54, 1.807) is 30.6 Å². The molecule has 0 saturated heterocycles. The lowest BCUT2D eigenvalue weighted by molar-refractivity contribution is 0.0694. The maximum absolute atomic E-state index is 11.1. The zero-order valence-corrected chi connectivity index (χ0v) is 12.1. The smallest absolute Gasteiger partial charge is 0.339 e. The fraction of sp³-hybridized carbons (Fsp3) is 0. The summed E-state index contributed by atoms with van der Waals surface area (Å²) in [5.41, 5.74) is 0.0908. The van der Waals surface area contributed by atoms with Crippen molar-refractivity contribution in [3.8, 4) is 11.5 Å². The summed E-state index contributed by atoms with van der Waals surface area (Å²) in [4.78, 5) is 15.0. The molecule has 18 heavy (non-hydrogen) atoms. The average Bonchev–Trinajstić information content (AvgIpc) is 2.34. The molecule has 1 aromatic heterocycles. The molecule has 0 aliphatic rings. The second kappa shape index (κ2) is 5.49. The van der Waals surface area contributed by atoms with Crippen molar-refractivity contribution >= 4 is 37.8 Å². The van der Waals surface area contributed by atoms with Crippen LogP contribution in [0.1, 0.15) is 10.4 Å². The van der Waals surface area contributed by atoms with Gasteiger partial charge >= 0.3 is 5.97 Å². The van der Waals surface area contributed by atoms with E-state index in [-0.39, 0.29) is 11.3 Å². The lowest BCUT2D eigenvalue weighted by atomic mass is 10.2. The van der Waals surface area contributed by atoms with Gasteiger partial charge in [-0.2, -0.15) is 0 Å². The molecular weight excluding hydrogens is 366 g/mol. The number of aromatic nitrogens is 1. The van der Waals surface area contributed by atoms with Gasteiger partial charge in [0.15, 0.2) is 0 Å². The summed E-state index contributed by atoms with van der Waals surface area (Å²) in [6, 6.07) is 6.46.